The summed E-state index contributed by atoms with van der Waals surface area (Å²) in [6, 6.07) is 12.2. The zero-order valence-corrected chi connectivity index (χ0v) is 21.6. The Labute approximate surface area is 221 Å². The summed E-state index contributed by atoms with van der Waals surface area (Å²) < 4.78 is 54.3. The number of fused-ring (bicyclic) bond motifs is 1. The van der Waals surface area contributed by atoms with E-state index in [4.69, 9.17) is 9.47 Å². The Hall–Kier alpha value is -3.57. The second kappa shape index (κ2) is 10.3. The SMILES string of the molecule is C[C@@H](Oc1cc(-n2cnc3ccc(OC4CCN(C)CC4)cc32)sc1C(=O)O)c1ccccc1C(F)(F)F. The van der Waals surface area contributed by atoms with E-state index in [1.54, 1.807) is 10.9 Å². The van der Waals surface area contributed by atoms with Gasteiger partial charge in [-0.15, -0.1) is 11.3 Å². The normalized spacial score (nSPS) is 16.0. The van der Waals surface area contributed by atoms with Gasteiger partial charge in [0.15, 0.2) is 4.88 Å². The zero-order chi connectivity index (χ0) is 27.0. The predicted molar refractivity (Wildman–Crippen MR) is 138 cm³/mol. The molecule has 7 nitrogen and oxygen atoms in total. The van der Waals surface area contributed by atoms with Crippen LogP contribution >= 0.6 is 11.3 Å². The van der Waals surface area contributed by atoms with E-state index in [0.29, 0.717) is 16.3 Å². The minimum atomic E-state index is -4.56. The number of halogens is 3. The lowest BCUT2D eigenvalue weighted by atomic mass is 10.0. The molecule has 200 valence electrons. The van der Waals surface area contributed by atoms with E-state index in [1.165, 1.54) is 31.2 Å². The van der Waals surface area contributed by atoms with Crippen LogP contribution in [0.2, 0.25) is 0 Å². The largest absolute Gasteiger partial charge is 0.490 e. The highest BCUT2D eigenvalue weighted by Crippen LogP contribution is 2.39. The average molecular weight is 546 g/mol. The van der Waals surface area contributed by atoms with Crippen LogP contribution in [-0.4, -0.2) is 51.8 Å². The maximum atomic E-state index is 13.5. The van der Waals surface area contributed by atoms with Crippen molar-refractivity contribution in [3.63, 3.8) is 0 Å². The van der Waals surface area contributed by atoms with E-state index in [1.807, 2.05) is 18.2 Å². The number of imidazole rings is 1. The quantitative estimate of drug-likeness (QED) is 0.289. The number of carboxylic acids is 1. The van der Waals surface area contributed by atoms with Gasteiger partial charge in [-0.05, 0) is 45.0 Å². The first-order valence-corrected chi connectivity index (χ1v) is 12.9. The highest BCUT2D eigenvalue weighted by Gasteiger charge is 2.35. The second-order valence-corrected chi connectivity index (χ2v) is 10.3. The number of likely N-dealkylation sites (tertiary alicyclic amines) is 1. The number of aromatic carboxylic acids is 1. The van der Waals surface area contributed by atoms with Crippen LogP contribution in [0.4, 0.5) is 13.2 Å². The molecule has 3 heterocycles. The molecule has 0 bridgehead atoms. The highest BCUT2D eigenvalue weighted by molar-refractivity contribution is 7.16. The van der Waals surface area contributed by atoms with Crippen molar-refractivity contribution < 1.29 is 32.5 Å². The monoisotopic (exact) mass is 545 g/mol. The molecule has 11 heteroatoms. The van der Waals surface area contributed by atoms with E-state index < -0.39 is 23.8 Å². The van der Waals surface area contributed by atoms with E-state index in [9.17, 15) is 23.1 Å². The minimum absolute atomic E-state index is 0.0115. The van der Waals surface area contributed by atoms with E-state index in [0.717, 1.165) is 48.9 Å². The van der Waals surface area contributed by atoms with Crippen molar-refractivity contribution in [1.82, 2.24) is 14.5 Å². The van der Waals surface area contributed by atoms with Crippen molar-refractivity contribution in [1.29, 1.82) is 0 Å². The first-order chi connectivity index (χ1) is 18.1. The summed E-state index contributed by atoms with van der Waals surface area (Å²) in [6.07, 6.45) is -2.06. The number of rotatable bonds is 7. The Morgan fingerprint density at radius 2 is 1.89 bits per heavy atom. The van der Waals surface area contributed by atoms with E-state index in [-0.39, 0.29) is 22.3 Å². The van der Waals surface area contributed by atoms with Gasteiger partial charge >= 0.3 is 12.1 Å². The fourth-order valence-electron chi connectivity index (χ4n) is 4.61. The van der Waals surface area contributed by atoms with Crippen molar-refractivity contribution in [3.8, 4) is 16.5 Å². The van der Waals surface area contributed by atoms with Gasteiger partial charge in [-0.2, -0.15) is 13.2 Å². The summed E-state index contributed by atoms with van der Waals surface area (Å²) in [5, 5.41) is 10.3. The van der Waals surface area contributed by atoms with Crippen molar-refractivity contribution in [2.45, 2.75) is 38.1 Å². The van der Waals surface area contributed by atoms with Gasteiger partial charge in [0.2, 0.25) is 0 Å². The molecule has 0 aliphatic carbocycles. The van der Waals surface area contributed by atoms with Crippen LogP contribution < -0.4 is 9.47 Å². The summed E-state index contributed by atoms with van der Waals surface area (Å²) in [6.45, 7) is 3.39. The van der Waals surface area contributed by atoms with Gasteiger partial charge in [-0.3, -0.25) is 4.57 Å². The van der Waals surface area contributed by atoms with Crippen LogP contribution in [0, 0.1) is 0 Å². The molecular formula is C27H26F3N3O4S. The number of ether oxygens (including phenoxy) is 2. The first-order valence-electron chi connectivity index (χ1n) is 12.1. The Kier molecular flexibility index (Phi) is 7.06. The van der Waals surface area contributed by atoms with Crippen LogP contribution in [0.5, 0.6) is 11.5 Å². The highest BCUT2D eigenvalue weighted by atomic mass is 32.1. The van der Waals surface area contributed by atoms with E-state index >= 15 is 0 Å². The third-order valence-corrected chi connectivity index (χ3v) is 7.72. The molecule has 1 aliphatic rings. The maximum Gasteiger partial charge on any atom is 0.416 e. The lowest BCUT2D eigenvalue weighted by molar-refractivity contribution is -0.139. The number of benzene rings is 2. The Bertz CT molecular complexity index is 1460. The molecule has 1 N–H and O–H groups in total. The molecule has 2 aromatic heterocycles. The zero-order valence-electron chi connectivity index (χ0n) is 20.7. The van der Waals surface area contributed by atoms with Gasteiger partial charge in [0.1, 0.15) is 35.0 Å². The molecular weight excluding hydrogens is 519 g/mol. The molecule has 0 amide bonds. The Balaban J connectivity index is 1.44. The van der Waals surface area contributed by atoms with Crippen molar-refractivity contribution in [2.75, 3.05) is 20.1 Å². The third kappa shape index (κ3) is 5.34. The van der Waals surface area contributed by atoms with Gasteiger partial charge in [0.25, 0.3) is 0 Å². The Morgan fingerprint density at radius 1 is 1.16 bits per heavy atom. The number of carboxylic acid groups (broad SMARTS) is 1. The van der Waals surface area contributed by atoms with Gasteiger partial charge in [0, 0.05) is 30.8 Å². The van der Waals surface area contributed by atoms with E-state index in [2.05, 4.69) is 16.9 Å². The molecule has 1 atom stereocenters. The molecule has 4 aromatic rings. The number of aromatic nitrogens is 2. The number of nitrogens with zero attached hydrogens (tertiary/aromatic N) is 3. The summed E-state index contributed by atoms with van der Waals surface area (Å²) in [4.78, 5) is 18.6. The summed E-state index contributed by atoms with van der Waals surface area (Å²) in [7, 11) is 2.08. The molecule has 2 aromatic carbocycles. The number of alkyl halides is 3. The minimum Gasteiger partial charge on any atom is -0.490 e. The molecule has 5 rings (SSSR count). The molecule has 1 saturated heterocycles. The van der Waals surface area contributed by atoms with Crippen LogP contribution in [-0.2, 0) is 6.18 Å². The topological polar surface area (TPSA) is 76.8 Å². The van der Waals surface area contributed by atoms with Crippen molar-refractivity contribution in [2.24, 2.45) is 0 Å². The fourth-order valence-corrected chi connectivity index (χ4v) is 5.53. The van der Waals surface area contributed by atoms with Crippen molar-refractivity contribution in [3.05, 3.63) is 70.9 Å². The lowest BCUT2D eigenvalue weighted by Gasteiger charge is -2.29. The molecule has 38 heavy (non-hydrogen) atoms. The number of hydrogen-bond donors (Lipinski definition) is 1. The van der Waals surface area contributed by atoms with Gasteiger partial charge in [-0.25, -0.2) is 9.78 Å². The Morgan fingerprint density at radius 3 is 2.61 bits per heavy atom. The van der Waals surface area contributed by atoms with Gasteiger partial charge in [-0.1, -0.05) is 18.2 Å². The molecule has 0 radical (unpaired) electrons. The second-order valence-electron chi connectivity index (χ2n) is 9.31. The molecule has 0 unspecified atom stereocenters. The molecule has 1 fully saturated rings. The van der Waals surface area contributed by atoms with Crippen LogP contribution in [0.3, 0.4) is 0 Å². The summed E-state index contributed by atoms with van der Waals surface area (Å²) in [5.74, 6) is -0.552. The predicted octanol–water partition coefficient (Wildman–Crippen LogP) is 6.42. The van der Waals surface area contributed by atoms with Crippen LogP contribution in [0.15, 0.2) is 54.9 Å². The number of carbonyl (C=O) groups is 1. The smallest absolute Gasteiger partial charge is 0.416 e. The van der Waals surface area contributed by atoms with Gasteiger partial charge < -0.3 is 19.5 Å². The van der Waals surface area contributed by atoms with Crippen LogP contribution in [0.25, 0.3) is 16.0 Å². The standard InChI is InChI=1S/C27H26F3N3O4S/c1-16(19-5-3-4-6-20(19)27(28,29)30)36-23-14-24(38-25(23)26(34)35)33-15-31-21-8-7-18(13-22(21)33)37-17-9-11-32(2)12-10-17/h3-8,13-17H,9-12H2,1-2H3,(H,34,35)/t16-/m1/s1. The summed E-state index contributed by atoms with van der Waals surface area (Å²) >= 11 is 0.959. The number of thiophene rings is 1. The number of piperidine rings is 1. The average Bonchev–Trinajstić information content (AvgIpc) is 3.49. The molecule has 0 spiro atoms. The van der Waals surface area contributed by atoms with Crippen molar-refractivity contribution >= 4 is 28.3 Å². The van der Waals surface area contributed by atoms with Crippen LogP contribution in [0.1, 0.15) is 46.7 Å². The summed E-state index contributed by atoms with van der Waals surface area (Å²) in [5.41, 5.74) is 0.516. The maximum absolute atomic E-state index is 13.5. The first kappa shape index (κ1) is 26.1. The molecule has 0 saturated carbocycles. The van der Waals surface area contributed by atoms with Gasteiger partial charge in [0.05, 0.1) is 16.6 Å². The lowest BCUT2D eigenvalue weighted by Crippen LogP contribution is -2.35. The third-order valence-electron chi connectivity index (χ3n) is 6.61. The number of hydrogen-bond acceptors (Lipinski definition) is 6. The fraction of sp³-hybridized carbons (Fsp3) is 0.333. The molecule has 1 aliphatic heterocycles.